The Morgan fingerprint density at radius 2 is 1.71 bits per heavy atom. The number of methoxy groups -OCH3 is 2. The molecular formula is C20H27NO7. The van der Waals surface area contributed by atoms with Crippen LogP contribution in [0.25, 0.3) is 0 Å². The molecule has 1 aromatic rings. The maximum atomic E-state index is 12.8. The molecule has 1 unspecified atom stereocenters. The van der Waals surface area contributed by atoms with Gasteiger partial charge in [-0.1, -0.05) is 30.3 Å². The van der Waals surface area contributed by atoms with Gasteiger partial charge in [0, 0.05) is 13.5 Å². The number of amides is 1. The van der Waals surface area contributed by atoms with Crippen molar-refractivity contribution in [3.05, 3.63) is 35.9 Å². The van der Waals surface area contributed by atoms with Crippen LogP contribution in [0.15, 0.2) is 30.3 Å². The third-order valence-corrected chi connectivity index (χ3v) is 4.29. The van der Waals surface area contributed by atoms with E-state index in [2.05, 4.69) is 0 Å². The summed E-state index contributed by atoms with van der Waals surface area (Å²) in [6, 6.07) is 7.94. The number of carbonyl (C=O) groups excluding carboxylic acids is 3. The molecule has 8 nitrogen and oxygen atoms in total. The van der Waals surface area contributed by atoms with Crippen molar-refractivity contribution in [2.75, 3.05) is 14.2 Å². The Morgan fingerprint density at radius 1 is 1.07 bits per heavy atom. The van der Waals surface area contributed by atoms with Gasteiger partial charge in [0.25, 0.3) is 0 Å². The average Bonchev–Trinajstić information content (AvgIpc) is 3.05. The third-order valence-electron chi connectivity index (χ3n) is 4.29. The highest BCUT2D eigenvalue weighted by Gasteiger charge is 2.53. The smallest absolute Gasteiger partial charge is 0.412 e. The van der Waals surface area contributed by atoms with Gasteiger partial charge in [0.15, 0.2) is 0 Å². The first-order valence-corrected chi connectivity index (χ1v) is 9.00. The zero-order chi connectivity index (χ0) is 20.9. The zero-order valence-corrected chi connectivity index (χ0v) is 16.8. The molecule has 8 heteroatoms. The molecule has 28 heavy (non-hydrogen) atoms. The summed E-state index contributed by atoms with van der Waals surface area (Å²) < 4.78 is 21.0. The van der Waals surface area contributed by atoms with E-state index in [1.165, 1.54) is 14.2 Å². The SMILES string of the molecule is COC(=O)[C@H]1CC(OC)N(C(=O)OCc2ccccc2)[C@@H]1C(=O)OC(C)(C)C. The molecule has 0 radical (unpaired) electrons. The van der Waals surface area contributed by atoms with Gasteiger partial charge in [-0.25, -0.2) is 9.59 Å². The van der Waals surface area contributed by atoms with Crippen molar-refractivity contribution < 1.29 is 33.3 Å². The van der Waals surface area contributed by atoms with Crippen LogP contribution in [0.4, 0.5) is 4.79 Å². The molecule has 1 heterocycles. The van der Waals surface area contributed by atoms with Gasteiger partial charge < -0.3 is 18.9 Å². The number of hydrogen-bond acceptors (Lipinski definition) is 7. The van der Waals surface area contributed by atoms with Gasteiger partial charge in [-0.2, -0.15) is 0 Å². The van der Waals surface area contributed by atoms with Crippen LogP contribution >= 0.6 is 0 Å². The minimum Gasteiger partial charge on any atom is -0.469 e. The molecule has 154 valence electrons. The highest BCUT2D eigenvalue weighted by atomic mass is 16.6. The van der Waals surface area contributed by atoms with Crippen LogP contribution in [-0.4, -0.2) is 55.0 Å². The molecule has 3 atom stereocenters. The fourth-order valence-electron chi connectivity index (χ4n) is 3.08. The highest BCUT2D eigenvalue weighted by molar-refractivity contribution is 5.89. The van der Waals surface area contributed by atoms with Crippen molar-refractivity contribution in [1.82, 2.24) is 4.90 Å². The fraction of sp³-hybridized carbons (Fsp3) is 0.550. The van der Waals surface area contributed by atoms with E-state index in [0.717, 1.165) is 10.5 Å². The summed E-state index contributed by atoms with van der Waals surface area (Å²) in [7, 11) is 2.63. The molecular weight excluding hydrogens is 366 g/mol. The van der Waals surface area contributed by atoms with Gasteiger partial charge >= 0.3 is 18.0 Å². The van der Waals surface area contributed by atoms with E-state index >= 15 is 0 Å². The lowest BCUT2D eigenvalue weighted by molar-refractivity contribution is -0.166. The summed E-state index contributed by atoms with van der Waals surface area (Å²) in [4.78, 5) is 39.0. The summed E-state index contributed by atoms with van der Waals surface area (Å²) in [6.07, 6.45) is -1.48. The number of hydrogen-bond donors (Lipinski definition) is 0. The average molecular weight is 393 g/mol. The molecule has 0 aromatic heterocycles. The molecule has 0 saturated carbocycles. The lowest BCUT2D eigenvalue weighted by Crippen LogP contribution is -2.50. The second-order valence-corrected chi connectivity index (χ2v) is 7.48. The first-order valence-electron chi connectivity index (χ1n) is 9.00. The Kier molecular flexibility index (Phi) is 7.01. The van der Waals surface area contributed by atoms with Crippen LogP contribution in [0.5, 0.6) is 0 Å². The molecule has 0 bridgehead atoms. The van der Waals surface area contributed by atoms with Gasteiger partial charge in [0.05, 0.1) is 13.0 Å². The summed E-state index contributed by atoms with van der Waals surface area (Å²) in [5.41, 5.74) is 0.00468. The monoisotopic (exact) mass is 393 g/mol. The second-order valence-electron chi connectivity index (χ2n) is 7.48. The molecule has 0 N–H and O–H groups in total. The lowest BCUT2D eigenvalue weighted by Gasteiger charge is -2.30. The van der Waals surface area contributed by atoms with Crippen molar-refractivity contribution in [2.24, 2.45) is 5.92 Å². The quantitative estimate of drug-likeness (QED) is 0.561. The Balaban J connectivity index is 2.25. The maximum absolute atomic E-state index is 12.8. The Bertz CT molecular complexity index is 698. The number of carbonyl (C=O) groups is 3. The van der Waals surface area contributed by atoms with Crippen LogP contribution in [0, 0.1) is 5.92 Å². The Morgan fingerprint density at radius 3 is 2.25 bits per heavy atom. The topological polar surface area (TPSA) is 91.4 Å². The van der Waals surface area contributed by atoms with E-state index in [1.54, 1.807) is 20.8 Å². The molecule has 0 aliphatic carbocycles. The Labute approximate surface area is 164 Å². The fourth-order valence-corrected chi connectivity index (χ4v) is 3.08. The molecule has 1 saturated heterocycles. The minimum absolute atomic E-state index is 0.0243. The minimum atomic E-state index is -1.19. The molecule has 0 spiro atoms. The van der Waals surface area contributed by atoms with Crippen molar-refractivity contribution in [1.29, 1.82) is 0 Å². The number of rotatable bonds is 5. The summed E-state index contributed by atoms with van der Waals surface area (Å²) >= 11 is 0. The van der Waals surface area contributed by atoms with Crippen molar-refractivity contribution in [2.45, 2.75) is 51.7 Å². The zero-order valence-electron chi connectivity index (χ0n) is 16.8. The number of nitrogens with zero attached hydrogens (tertiary/aromatic N) is 1. The van der Waals surface area contributed by atoms with Gasteiger partial charge in [-0.05, 0) is 26.3 Å². The lowest BCUT2D eigenvalue weighted by atomic mass is 10.00. The van der Waals surface area contributed by atoms with Crippen molar-refractivity contribution >= 4 is 18.0 Å². The predicted octanol–water partition coefficient (Wildman–Crippen LogP) is 2.50. The molecule has 1 aromatic carbocycles. The predicted molar refractivity (Wildman–Crippen MR) is 99.0 cm³/mol. The second kappa shape index (κ2) is 9.05. The van der Waals surface area contributed by atoms with Gasteiger partial charge in [0.2, 0.25) is 0 Å². The first-order chi connectivity index (χ1) is 13.2. The van der Waals surface area contributed by atoms with E-state index in [9.17, 15) is 14.4 Å². The number of esters is 2. The number of likely N-dealkylation sites (tertiary alicyclic amines) is 1. The molecule has 1 aliphatic rings. The van der Waals surface area contributed by atoms with Crippen LogP contribution in [0.2, 0.25) is 0 Å². The van der Waals surface area contributed by atoms with Gasteiger partial charge in [0.1, 0.15) is 24.5 Å². The van der Waals surface area contributed by atoms with E-state index in [1.807, 2.05) is 30.3 Å². The number of benzene rings is 1. The van der Waals surface area contributed by atoms with E-state index in [-0.39, 0.29) is 13.0 Å². The summed E-state index contributed by atoms with van der Waals surface area (Å²) in [5, 5.41) is 0. The van der Waals surface area contributed by atoms with E-state index in [4.69, 9.17) is 18.9 Å². The van der Waals surface area contributed by atoms with Gasteiger partial charge in [-0.3, -0.25) is 9.69 Å². The van der Waals surface area contributed by atoms with Crippen LogP contribution in [-0.2, 0) is 35.1 Å². The van der Waals surface area contributed by atoms with Crippen molar-refractivity contribution in [3.63, 3.8) is 0 Å². The molecule has 1 aliphatic heterocycles. The molecule has 2 rings (SSSR count). The van der Waals surface area contributed by atoms with E-state index in [0.29, 0.717) is 0 Å². The molecule has 1 amide bonds. The summed E-state index contributed by atoms with van der Waals surface area (Å²) in [6.45, 7) is 5.15. The Hall–Kier alpha value is -2.61. The van der Waals surface area contributed by atoms with Gasteiger partial charge in [-0.15, -0.1) is 0 Å². The standard InChI is InChI=1S/C20H27NO7/c1-20(2,3)28-18(23)16-14(17(22)26-5)11-15(25-4)21(16)19(24)27-12-13-9-7-6-8-10-13/h6-10,14-16H,11-12H2,1-5H3/t14-,15?,16-/m0/s1. The maximum Gasteiger partial charge on any atom is 0.412 e. The van der Waals surface area contributed by atoms with E-state index < -0.39 is 41.8 Å². The van der Waals surface area contributed by atoms with Crippen LogP contribution < -0.4 is 0 Å². The first kappa shape index (κ1) is 21.7. The third kappa shape index (κ3) is 5.22. The molecule has 1 fully saturated rings. The highest BCUT2D eigenvalue weighted by Crippen LogP contribution is 2.34. The van der Waals surface area contributed by atoms with Crippen molar-refractivity contribution in [3.8, 4) is 0 Å². The number of ether oxygens (including phenoxy) is 4. The largest absolute Gasteiger partial charge is 0.469 e. The normalized spacial score (nSPS) is 21.9. The van der Waals surface area contributed by atoms with Crippen LogP contribution in [0.3, 0.4) is 0 Å². The summed E-state index contributed by atoms with van der Waals surface area (Å²) in [5.74, 6) is -2.23. The van der Waals surface area contributed by atoms with Crippen LogP contribution in [0.1, 0.15) is 32.8 Å².